The first kappa shape index (κ1) is 23.8. The fourth-order valence-corrected chi connectivity index (χ4v) is 4.01. The average molecular weight is 505 g/mol. The summed E-state index contributed by atoms with van der Waals surface area (Å²) in [6.45, 7) is 4.49. The molecule has 1 fully saturated rings. The number of aromatic amines is 1. The Morgan fingerprint density at radius 3 is 2.62 bits per heavy atom. The molecule has 37 heavy (non-hydrogen) atoms. The van der Waals surface area contributed by atoms with Crippen LogP contribution in [-0.4, -0.2) is 78.2 Å². The van der Waals surface area contributed by atoms with Crippen molar-refractivity contribution in [3.8, 4) is 0 Å². The lowest BCUT2D eigenvalue weighted by molar-refractivity contribution is 0.0940. The lowest BCUT2D eigenvalue weighted by atomic mass is 10.2. The highest BCUT2D eigenvalue weighted by atomic mass is 16.6. The smallest absolute Gasteiger partial charge is 0.410 e. The number of fused-ring (bicyclic) bond motifs is 1. The van der Waals surface area contributed by atoms with Crippen LogP contribution in [0.4, 0.5) is 16.7 Å². The van der Waals surface area contributed by atoms with Crippen LogP contribution in [0.3, 0.4) is 0 Å². The second kappa shape index (κ2) is 10.4. The number of nitrogens with zero attached hydrogens (tertiary/aromatic N) is 8. The number of amides is 2. The average Bonchev–Trinajstić information content (AvgIpc) is 3.45. The molecule has 1 aliphatic heterocycles. The number of tetrazole rings is 1. The molecule has 0 bridgehead atoms. The zero-order valence-electron chi connectivity index (χ0n) is 20.0. The third kappa shape index (κ3) is 5.07. The summed E-state index contributed by atoms with van der Waals surface area (Å²) in [6, 6.07) is 9.52. The number of benzene rings is 1. The van der Waals surface area contributed by atoms with E-state index < -0.39 is 11.3 Å². The van der Waals surface area contributed by atoms with E-state index in [9.17, 15) is 14.4 Å². The zero-order chi connectivity index (χ0) is 25.8. The number of rotatable bonds is 6. The summed E-state index contributed by atoms with van der Waals surface area (Å²) in [5.74, 6) is -0.175. The minimum absolute atomic E-state index is 0.0298. The summed E-state index contributed by atoms with van der Waals surface area (Å²) in [7, 11) is 0. The Balaban J connectivity index is 1.29. The van der Waals surface area contributed by atoms with Crippen molar-refractivity contribution in [3.63, 3.8) is 0 Å². The van der Waals surface area contributed by atoms with Crippen molar-refractivity contribution >= 4 is 34.9 Å². The Kier molecular flexibility index (Phi) is 6.70. The van der Waals surface area contributed by atoms with Crippen LogP contribution in [0.5, 0.6) is 0 Å². The molecule has 2 amide bonds. The second-order valence-electron chi connectivity index (χ2n) is 8.28. The Hall–Kier alpha value is -4.88. The summed E-state index contributed by atoms with van der Waals surface area (Å²) in [6.07, 6.45) is 2.52. The normalized spacial score (nSPS) is 13.5. The standard InChI is InChI=1S/C23H24N10O4/c1-2-31-13-17(20(35)26-21-27-29-30-28-21)18(34)16-12-24-22(25-19(16)31)32-8-10-33(11-9-32)23(36)37-14-15-6-4-3-5-7-15/h3-7,12-13H,2,8-11,14H2,1H3,(H2,26,27,28,29,30,35). The molecule has 3 aromatic heterocycles. The maximum absolute atomic E-state index is 13.0. The third-order valence-electron chi connectivity index (χ3n) is 5.99. The monoisotopic (exact) mass is 504 g/mol. The van der Waals surface area contributed by atoms with E-state index in [1.165, 1.54) is 12.4 Å². The van der Waals surface area contributed by atoms with Crippen molar-refractivity contribution in [2.75, 3.05) is 36.4 Å². The summed E-state index contributed by atoms with van der Waals surface area (Å²) < 4.78 is 7.14. The van der Waals surface area contributed by atoms with Gasteiger partial charge in [0.1, 0.15) is 17.8 Å². The van der Waals surface area contributed by atoms with Crippen molar-refractivity contribution in [3.05, 3.63) is 64.1 Å². The van der Waals surface area contributed by atoms with Gasteiger partial charge in [-0.1, -0.05) is 35.4 Å². The fraction of sp³-hybridized carbons (Fsp3) is 0.304. The highest BCUT2D eigenvalue weighted by Crippen LogP contribution is 2.17. The van der Waals surface area contributed by atoms with E-state index in [1.807, 2.05) is 42.2 Å². The third-order valence-corrected chi connectivity index (χ3v) is 5.99. The summed E-state index contributed by atoms with van der Waals surface area (Å²) in [4.78, 5) is 50.8. The summed E-state index contributed by atoms with van der Waals surface area (Å²) >= 11 is 0. The van der Waals surface area contributed by atoms with E-state index in [1.54, 1.807) is 9.47 Å². The molecule has 0 saturated carbocycles. The van der Waals surface area contributed by atoms with Gasteiger partial charge >= 0.3 is 6.09 Å². The SMILES string of the molecule is CCn1cc(C(=O)Nc2nnn[nH]2)c(=O)c2cnc(N3CCN(C(=O)OCc4ccccc4)CC3)nc21. The van der Waals surface area contributed by atoms with E-state index in [2.05, 4.69) is 35.9 Å². The lowest BCUT2D eigenvalue weighted by Gasteiger charge is -2.34. The number of H-pyrrole nitrogens is 1. The van der Waals surface area contributed by atoms with Gasteiger partial charge in [0.15, 0.2) is 0 Å². The van der Waals surface area contributed by atoms with Gasteiger partial charge in [0.2, 0.25) is 17.3 Å². The zero-order valence-corrected chi connectivity index (χ0v) is 20.0. The van der Waals surface area contributed by atoms with Gasteiger partial charge in [0.25, 0.3) is 5.91 Å². The molecular weight excluding hydrogens is 480 g/mol. The topological polar surface area (TPSA) is 164 Å². The predicted molar refractivity (Wildman–Crippen MR) is 132 cm³/mol. The summed E-state index contributed by atoms with van der Waals surface area (Å²) in [5, 5.41) is 15.5. The number of hydrogen-bond donors (Lipinski definition) is 2. The Bertz CT molecular complexity index is 1460. The molecule has 190 valence electrons. The largest absolute Gasteiger partial charge is 0.445 e. The van der Waals surface area contributed by atoms with E-state index in [4.69, 9.17) is 4.74 Å². The van der Waals surface area contributed by atoms with Crippen LogP contribution in [-0.2, 0) is 17.9 Å². The van der Waals surface area contributed by atoms with Gasteiger partial charge in [0.05, 0.1) is 5.39 Å². The van der Waals surface area contributed by atoms with Gasteiger partial charge in [-0.15, -0.1) is 0 Å². The van der Waals surface area contributed by atoms with Gasteiger partial charge < -0.3 is 19.1 Å². The van der Waals surface area contributed by atoms with Crippen molar-refractivity contribution in [2.24, 2.45) is 0 Å². The molecule has 14 nitrogen and oxygen atoms in total. The van der Waals surface area contributed by atoms with Crippen molar-refractivity contribution in [1.29, 1.82) is 0 Å². The van der Waals surface area contributed by atoms with Crippen LogP contribution in [0.2, 0.25) is 0 Å². The highest BCUT2D eigenvalue weighted by molar-refractivity contribution is 6.04. The van der Waals surface area contributed by atoms with Gasteiger partial charge in [-0.3, -0.25) is 14.9 Å². The Morgan fingerprint density at radius 1 is 1.14 bits per heavy atom. The van der Waals surface area contributed by atoms with E-state index in [-0.39, 0.29) is 29.6 Å². The molecule has 1 aliphatic rings. The molecule has 1 aromatic carbocycles. The number of hydrogen-bond acceptors (Lipinski definition) is 10. The van der Waals surface area contributed by atoms with Crippen LogP contribution in [0.1, 0.15) is 22.8 Å². The lowest BCUT2D eigenvalue weighted by Crippen LogP contribution is -2.49. The number of ether oxygens (including phenoxy) is 1. The Labute approximate surface area is 210 Å². The number of carbonyl (C=O) groups is 2. The van der Waals surface area contributed by atoms with E-state index in [0.29, 0.717) is 44.3 Å². The first-order valence-electron chi connectivity index (χ1n) is 11.7. The molecule has 0 aliphatic carbocycles. The van der Waals surface area contributed by atoms with Crippen LogP contribution in [0.25, 0.3) is 11.0 Å². The van der Waals surface area contributed by atoms with Crippen molar-refractivity contribution in [2.45, 2.75) is 20.1 Å². The molecule has 2 N–H and O–H groups in total. The molecule has 0 radical (unpaired) electrons. The van der Waals surface area contributed by atoms with E-state index >= 15 is 0 Å². The number of piperazine rings is 1. The van der Waals surface area contributed by atoms with Gasteiger partial charge in [0, 0.05) is 45.1 Å². The van der Waals surface area contributed by atoms with Crippen LogP contribution in [0, 0.1) is 0 Å². The van der Waals surface area contributed by atoms with Crippen LogP contribution in [0.15, 0.2) is 47.5 Å². The summed E-state index contributed by atoms with van der Waals surface area (Å²) in [5.41, 5.74) is 0.767. The first-order valence-corrected chi connectivity index (χ1v) is 11.7. The molecule has 4 aromatic rings. The predicted octanol–water partition coefficient (Wildman–Crippen LogP) is 1.04. The van der Waals surface area contributed by atoms with Crippen molar-refractivity contribution < 1.29 is 14.3 Å². The molecule has 4 heterocycles. The molecular formula is C23H24N10O4. The van der Waals surface area contributed by atoms with Gasteiger partial charge in [-0.2, -0.15) is 4.98 Å². The molecule has 0 unspecified atom stereocenters. The minimum Gasteiger partial charge on any atom is -0.445 e. The van der Waals surface area contributed by atoms with Gasteiger partial charge in [-0.05, 0) is 22.9 Å². The first-order chi connectivity index (χ1) is 18.0. The number of carbonyl (C=O) groups excluding carboxylic acids is 2. The number of anilines is 2. The number of pyridine rings is 1. The molecule has 0 spiro atoms. The number of aromatic nitrogens is 7. The quantitative estimate of drug-likeness (QED) is 0.387. The maximum Gasteiger partial charge on any atom is 0.410 e. The van der Waals surface area contributed by atoms with Gasteiger partial charge in [-0.25, -0.2) is 14.9 Å². The molecule has 1 saturated heterocycles. The molecule has 5 rings (SSSR count). The van der Waals surface area contributed by atoms with Crippen molar-refractivity contribution in [1.82, 2.24) is 40.1 Å². The number of aryl methyl sites for hydroxylation is 1. The second-order valence-corrected chi connectivity index (χ2v) is 8.28. The maximum atomic E-state index is 13.0. The molecule has 0 atom stereocenters. The molecule has 14 heteroatoms. The van der Waals surface area contributed by atoms with Crippen LogP contribution >= 0.6 is 0 Å². The number of nitrogens with one attached hydrogen (secondary N) is 2. The van der Waals surface area contributed by atoms with Crippen LogP contribution < -0.4 is 15.6 Å². The van der Waals surface area contributed by atoms with E-state index in [0.717, 1.165) is 5.56 Å². The fourth-order valence-electron chi connectivity index (χ4n) is 4.01. The highest BCUT2D eigenvalue weighted by Gasteiger charge is 2.25. The Morgan fingerprint density at radius 2 is 1.92 bits per heavy atom. The minimum atomic E-state index is -0.646.